The van der Waals surface area contributed by atoms with E-state index in [1.807, 2.05) is 6.92 Å². The van der Waals surface area contributed by atoms with Gasteiger partial charge >= 0.3 is 6.18 Å². The Bertz CT molecular complexity index is 493. The van der Waals surface area contributed by atoms with E-state index in [0.717, 1.165) is 19.0 Å². The van der Waals surface area contributed by atoms with Gasteiger partial charge in [0.1, 0.15) is 5.75 Å². The molecule has 1 saturated heterocycles. The fourth-order valence-corrected chi connectivity index (χ4v) is 2.66. The largest absolute Gasteiger partial charge is 0.491 e. The molecule has 1 aromatic heterocycles. The van der Waals surface area contributed by atoms with Gasteiger partial charge in [-0.15, -0.1) is 0 Å². The average Bonchev–Trinajstić information content (AvgIpc) is 2.44. The zero-order chi connectivity index (χ0) is 15.5. The molecule has 2 rings (SSSR count). The number of pyridine rings is 1. The maximum Gasteiger partial charge on any atom is 0.437 e. The van der Waals surface area contributed by atoms with Crippen molar-refractivity contribution in [2.75, 3.05) is 19.7 Å². The molecule has 1 amide bonds. The number of carbonyl (C=O) groups is 1. The number of rotatable bonds is 4. The summed E-state index contributed by atoms with van der Waals surface area (Å²) in [5, 5.41) is 0. The van der Waals surface area contributed by atoms with Crippen LogP contribution in [-0.2, 0) is 11.0 Å². The minimum atomic E-state index is -4.54. The molecule has 0 aliphatic carbocycles. The molecule has 2 atom stereocenters. The first-order chi connectivity index (χ1) is 9.90. The van der Waals surface area contributed by atoms with E-state index >= 15 is 0 Å². The number of hydrogen-bond donors (Lipinski definition) is 0. The second kappa shape index (κ2) is 6.32. The summed E-state index contributed by atoms with van der Waals surface area (Å²) >= 11 is 0. The number of aromatic nitrogens is 1. The molecule has 1 aromatic rings. The van der Waals surface area contributed by atoms with Crippen molar-refractivity contribution in [2.45, 2.75) is 19.5 Å². The Morgan fingerprint density at radius 2 is 2.24 bits per heavy atom. The number of alkyl halides is 3. The smallest absolute Gasteiger partial charge is 0.437 e. The van der Waals surface area contributed by atoms with E-state index < -0.39 is 11.9 Å². The lowest BCUT2D eigenvalue weighted by atomic mass is 9.91. The number of piperidine rings is 1. The summed E-state index contributed by atoms with van der Waals surface area (Å²) in [6.45, 7) is 3.34. The summed E-state index contributed by atoms with van der Waals surface area (Å²) in [6.07, 6.45) is -1.85. The van der Waals surface area contributed by atoms with E-state index in [1.165, 1.54) is 12.1 Å². The molecular weight excluding hydrogens is 285 g/mol. The van der Waals surface area contributed by atoms with E-state index in [-0.39, 0.29) is 18.3 Å². The van der Waals surface area contributed by atoms with Crippen molar-refractivity contribution in [1.29, 1.82) is 0 Å². The molecule has 1 aliphatic heterocycles. The highest BCUT2D eigenvalue weighted by Crippen LogP contribution is 2.34. The molecule has 116 valence electrons. The number of hydrogen-bond acceptors (Lipinski definition) is 3. The van der Waals surface area contributed by atoms with Crippen LogP contribution in [0.5, 0.6) is 5.75 Å². The number of ether oxygens (including phenoxy) is 1. The normalized spacial score (nSPS) is 23.0. The number of carbonyl (C=O) groups excluding carboxylic acids is 1. The van der Waals surface area contributed by atoms with E-state index in [1.54, 1.807) is 4.90 Å². The molecule has 0 N–H and O–H groups in total. The van der Waals surface area contributed by atoms with Gasteiger partial charge in [-0.05, 0) is 24.5 Å². The molecule has 1 fully saturated rings. The Labute approximate surface area is 120 Å². The predicted octanol–water partition coefficient (Wildman–Crippen LogP) is 2.59. The van der Waals surface area contributed by atoms with Gasteiger partial charge in [0, 0.05) is 25.2 Å². The summed E-state index contributed by atoms with van der Waals surface area (Å²) in [6, 6.07) is 2.67. The predicted molar refractivity (Wildman–Crippen MR) is 69.6 cm³/mol. The van der Waals surface area contributed by atoms with Gasteiger partial charge in [-0.1, -0.05) is 6.92 Å². The minimum Gasteiger partial charge on any atom is -0.491 e. The van der Waals surface area contributed by atoms with E-state index in [2.05, 4.69) is 4.98 Å². The second-order valence-electron chi connectivity index (χ2n) is 5.43. The molecule has 7 heteroatoms. The molecule has 0 saturated carbocycles. The van der Waals surface area contributed by atoms with Gasteiger partial charge in [-0.25, -0.2) is 4.98 Å². The number of likely N-dealkylation sites (tertiary alicyclic amines) is 1. The molecule has 21 heavy (non-hydrogen) atoms. The van der Waals surface area contributed by atoms with E-state index in [0.29, 0.717) is 19.0 Å². The summed E-state index contributed by atoms with van der Waals surface area (Å²) in [7, 11) is 0. The molecule has 0 bridgehead atoms. The van der Waals surface area contributed by atoms with Gasteiger partial charge in [0.05, 0.1) is 6.61 Å². The summed E-state index contributed by atoms with van der Waals surface area (Å²) in [5.41, 5.74) is -1.01. The molecule has 2 heterocycles. The van der Waals surface area contributed by atoms with Crippen LogP contribution in [0.25, 0.3) is 0 Å². The monoisotopic (exact) mass is 302 g/mol. The van der Waals surface area contributed by atoms with Gasteiger partial charge in [-0.2, -0.15) is 13.2 Å². The first-order valence-electron chi connectivity index (χ1n) is 6.74. The van der Waals surface area contributed by atoms with Crippen molar-refractivity contribution in [3.63, 3.8) is 0 Å². The van der Waals surface area contributed by atoms with Crippen LogP contribution in [0.3, 0.4) is 0 Å². The van der Waals surface area contributed by atoms with Crippen molar-refractivity contribution in [3.05, 3.63) is 24.0 Å². The van der Waals surface area contributed by atoms with Crippen LogP contribution >= 0.6 is 0 Å². The third-order valence-electron chi connectivity index (χ3n) is 3.44. The van der Waals surface area contributed by atoms with Crippen molar-refractivity contribution in [3.8, 4) is 5.75 Å². The molecule has 0 aromatic carbocycles. The van der Waals surface area contributed by atoms with Crippen LogP contribution in [0.4, 0.5) is 13.2 Å². The van der Waals surface area contributed by atoms with Crippen LogP contribution in [0.15, 0.2) is 18.3 Å². The summed E-state index contributed by atoms with van der Waals surface area (Å²) in [4.78, 5) is 15.8. The van der Waals surface area contributed by atoms with Gasteiger partial charge in [0.15, 0.2) is 5.69 Å². The number of halogens is 3. The Morgan fingerprint density at radius 3 is 2.90 bits per heavy atom. The van der Waals surface area contributed by atoms with Crippen LogP contribution in [0.2, 0.25) is 0 Å². The van der Waals surface area contributed by atoms with Crippen molar-refractivity contribution < 1.29 is 22.7 Å². The first kappa shape index (κ1) is 15.6. The van der Waals surface area contributed by atoms with Crippen LogP contribution in [0, 0.1) is 11.8 Å². The second-order valence-corrected chi connectivity index (χ2v) is 5.43. The SMILES string of the molecule is C[C@H]1C[C@@H](COc2cccnc2C(F)(F)F)CN(C=O)C1. The van der Waals surface area contributed by atoms with Crippen molar-refractivity contribution >= 4 is 6.41 Å². The highest BCUT2D eigenvalue weighted by Gasteiger charge is 2.36. The Balaban J connectivity index is 2.02. The molecule has 1 aliphatic rings. The lowest BCUT2D eigenvalue weighted by Gasteiger charge is -2.34. The van der Waals surface area contributed by atoms with Crippen LogP contribution in [0.1, 0.15) is 19.0 Å². The Morgan fingerprint density at radius 1 is 1.48 bits per heavy atom. The summed E-state index contributed by atoms with van der Waals surface area (Å²) in [5.74, 6) is 0.0784. The van der Waals surface area contributed by atoms with Crippen LogP contribution < -0.4 is 4.74 Å². The molecule has 0 radical (unpaired) electrons. The number of amides is 1. The maximum absolute atomic E-state index is 12.8. The van der Waals surface area contributed by atoms with Crippen molar-refractivity contribution in [2.24, 2.45) is 11.8 Å². The van der Waals surface area contributed by atoms with E-state index in [4.69, 9.17) is 4.74 Å². The van der Waals surface area contributed by atoms with Gasteiger partial charge in [0.25, 0.3) is 0 Å². The van der Waals surface area contributed by atoms with Gasteiger partial charge in [0.2, 0.25) is 6.41 Å². The zero-order valence-corrected chi connectivity index (χ0v) is 11.6. The average molecular weight is 302 g/mol. The van der Waals surface area contributed by atoms with Crippen LogP contribution in [-0.4, -0.2) is 36.0 Å². The molecule has 0 unspecified atom stereocenters. The lowest BCUT2D eigenvalue weighted by Crippen LogP contribution is -2.40. The molecule has 0 spiro atoms. The van der Waals surface area contributed by atoms with Crippen molar-refractivity contribution in [1.82, 2.24) is 9.88 Å². The Hall–Kier alpha value is -1.79. The van der Waals surface area contributed by atoms with Gasteiger partial charge in [-0.3, -0.25) is 4.79 Å². The zero-order valence-electron chi connectivity index (χ0n) is 11.6. The maximum atomic E-state index is 12.8. The van der Waals surface area contributed by atoms with E-state index in [9.17, 15) is 18.0 Å². The standard InChI is InChI=1S/C14H17F3N2O2/c1-10-5-11(7-19(6-10)9-20)8-21-12-3-2-4-18-13(12)14(15,16)17/h2-4,9-11H,5-8H2,1H3/t10-,11+/m0/s1. The highest BCUT2D eigenvalue weighted by atomic mass is 19.4. The fourth-order valence-electron chi connectivity index (χ4n) is 2.66. The third kappa shape index (κ3) is 4.09. The van der Waals surface area contributed by atoms with Gasteiger partial charge < -0.3 is 9.64 Å². The topological polar surface area (TPSA) is 42.4 Å². The third-order valence-corrected chi connectivity index (χ3v) is 3.44. The lowest BCUT2D eigenvalue weighted by molar-refractivity contribution is -0.142. The fraction of sp³-hybridized carbons (Fsp3) is 0.571. The Kier molecular flexibility index (Phi) is 4.69. The quantitative estimate of drug-likeness (QED) is 0.803. The summed E-state index contributed by atoms with van der Waals surface area (Å²) < 4.78 is 43.7. The number of nitrogens with zero attached hydrogens (tertiary/aromatic N) is 2. The molecular formula is C14H17F3N2O2. The molecule has 4 nitrogen and oxygen atoms in total. The highest BCUT2D eigenvalue weighted by molar-refractivity contribution is 5.47. The minimum absolute atomic E-state index is 0.0280. The first-order valence-corrected chi connectivity index (χ1v) is 6.74.